The highest BCUT2D eigenvalue weighted by molar-refractivity contribution is 5.82. The number of amides is 1. The number of nitrogens with one attached hydrogen (secondary N) is 1. The third-order valence-corrected chi connectivity index (χ3v) is 5.79. The maximum Gasteiger partial charge on any atom is 0.220 e. The largest absolute Gasteiger partial charge is 0.497 e. The summed E-state index contributed by atoms with van der Waals surface area (Å²) in [4.78, 5) is 16.9. The summed E-state index contributed by atoms with van der Waals surface area (Å²) < 4.78 is 10.9. The summed E-state index contributed by atoms with van der Waals surface area (Å²) in [7, 11) is 1.66. The molecule has 1 N–H and O–H groups in total. The van der Waals surface area contributed by atoms with Crippen LogP contribution in [0.2, 0.25) is 0 Å². The molecule has 5 nitrogen and oxygen atoms in total. The van der Waals surface area contributed by atoms with Gasteiger partial charge in [0.15, 0.2) is 0 Å². The number of benzene rings is 2. The zero-order chi connectivity index (χ0) is 20.8. The summed E-state index contributed by atoms with van der Waals surface area (Å²) in [6, 6.07) is 18.4. The average molecular weight is 405 g/mol. The number of hydrogen-bond donors (Lipinski definition) is 1. The fourth-order valence-corrected chi connectivity index (χ4v) is 4.10. The number of para-hydroxylation sites is 1. The van der Waals surface area contributed by atoms with Crippen molar-refractivity contribution in [1.29, 1.82) is 0 Å². The zero-order valence-electron chi connectivity index (χ0n) is 17.3. The van der Waals surface area contributed by atoms with Gasteiger partial charge in [0, 0.05) is 23.9 Å². The van der Waals surface area contributed by atoms with Gasteiger partial charge < -0.3 is 14.8 Å². The van der Waals surface area contributed by atoms with Crippen LogP contribution in [0.5, 0.6) is 5.75 Å². The first-order valence-electron chi connectivity index (χ1n) is 10.6. The third kappa shape index (κ3) is 4.97. The topological polar surface area (TPSA) is 60.5 Å². The molecule has 1 fully saturated rings. The number of carbonyl (C=O) groups excluding carboxylic acids is 1. The number of hydrogen-bond acceptors (Lipinski definition) is 4. The number of aromatic nitrogens is 1. The van der Waals surface area contributed by atoms with Crippen molar-refractivity contribution in [2.75, 3.05) is 20.3 Å². The Hall–Kier alpha value is -2.92. The molecule has 2 atom stereocenters. The first-order chi connectivity index (χ1) is 14.7. The zero-order valence-corrected chi connectivity index (χ0v) is 17.3. The van der Waals surface area contributed by atoms with E-state index in [0.717, 1.165) is 30.5 Å². The molecule has 1 aromatic heterocycles. The van der Waals surface area contributed by atoms with Crippen LogP contribution in [0.3, 0.4) is 0 Å². The van der Waals surface area contributed by atoms with Crippen LogP contribution in [0.1, 0.15) is 24.0 Å². The number of rotatable bonds is 8. The van der Waals surface area contributed by atoms with Gasteiger partial charge in [-0.25, -0.2) is 0 Å². The van der Waals surface area contributed by atoms with Crippen molar-refractivity contribution >= 4 is 16.8 Å². The van der Waals surface area contributed by atoms with E-state index in [1.54, 1.807) is 7.11 Å². The lowest BCUT2D eigenvalue weighted by molar-refractivity contribution is -0.122. The third-order valence-electron chi connectivity index (χ3n) is 5.79. The van der Waals surface area contributed by atoms with Crippen molar-refractivity contribution in [1.82, 2.24) is 10.3 Å². The van der Waals surface area contributed by atoms with Gasteiger partial charge in [0.1, 0.15) is 5.75 Å². The summed E-state index contributed by atoms with van der Waals surface area (Å²) in [5, 5.41) is 4.38. The Morgan fingerprint density at radius 2 is 1.97 bits per heavy atom. The van der Waals surface area contributed by atoms with Crippen molar-refractivity contribution in [3.8, 4) is 5.75 Å². The van der Waals surface area contributed by atoms with Crippen molar-refractivity contribution < 1.29 is 14.3 Å². The quantitative estimate of drug-likeness (QED) is 0.618. The van der Waals surface area contributed by atoms with Gasteiger partial charge in [-0.3, -0.25) is 9.78 Å². The van der Waals surface area contributed by atoms with Gasteiger partial charge in [-0.2, -0.15) is 0 Å². The molecule has 30 heavy (non-hydrogen) atoms. The molecule has 0 bridgehead atoms. The maximum absolute atomic E-state index is 12.5. The van der Waals surface area contributed by atoms with Crippen molar-refractivity contribution in [3.63, 3.8) is 0 Å². The minimum absolute atomic E-state index is 0.0606. The number of fused-ring (bicyclic) bond motifs is 1. The fourth-order valence-electron chi connectivity index (χ4n) is 4.10. The highest BCUT2D eigenvalue weighted by Gasteiger charge is 2.29. The minimum atomic E-state index is 0.0606. The Balaban J connectivity index is 1.29. The molecular weight excluding hydrogens is 376 g/mol. The van der Waals surface area contributed by atoms with E-state index in [4.69, 9.17) is 9.47 Å². The molecule has 5 heteroatoms. The van der Waals surface area contributed by atoms with Gasteiger partial charge in [-0.1, -0.05) is 30.3 Å². The van der Waals surface area contributed by atoms with Crippen LogP contribution in [0.15, 0.2) is 60.8 Å². The molecule has 2 heterocycles. The summed E-state index contributed by atoms with van der Waals surface area (Å²) in [6.07, 6.45) is 4.96. The van der Waals surface area contributed by atoms with Gasteiger partial charge in [-0.05, 0) is 54.7 Å². The molecule has 0 unspecified atom stereocenters. The number of ether oxygens (including phenoxy) is 2. The van der Waals surface area contributed by atoms with E-state index < -0.39 is 0 Å². The van der Waals surface area contributed by atoms with Crippen molar-refractivity contribution in [3.05, 3.63) is 71.9 Å². The van der Waals surface area contributed by atoms with E-state index in [-0.39, 0.29) is 17.9 Å². The van der Waals surface area contributed by atoms with Crippen LogP contribution in [-0.2, 0) is 22.4 Å². The lowest BCUT2D eigenvalue weighted by atomic mass is 9.93. The first kappa shape index (κ1) is 20.4. The van der Waals surface area contributed by atoms with Crippen LogP contribution in [0, 0.1) is 5.92 Å². The van der Waals surface area contributed by atoms with E-state index in [1.807, 2.05) is 36.5 Å². The first-order valence-corrected chi connectivity index (χ1v) is 10.6. The molecule has 2 aromatic carbocycles. The molecular formula is C25H28N2O3. The van der Waals surface area contributed by atoms with Crippen LogP contribution < -0.4 is 10.1 Å². The second-order valence-electron chi connectivity index (χ2n) is 7.86. The maximum atomic E-state index is 12.5. The van der Waals surface area contributed by atoms with Crippen LogP contribution in [0.4, 0.5) is 0 Å². The molecule has 156 valence electrons. The Labute approximate surface area is 177 Å². The number of methoxy groups -OCH3 is 1. The lowest BCUT2D eigenvalue weighted by Crippen LogP contribution is -2.40. The molecule has 1 saturated heterocycles. The summed E-state index contributed by atoms with van der Waals surface area (Å²) in [5.41, 5.74) is 3.48. The second kappa shape index (κ2) is 9.72. The molecule has 1 amide bonds. The Kier molecular flexibility index (Phi) is 6.60. The predicted octanol–water partition coefficient (Wildman–Crippen LogP) is 3.94. The van der Waals surface area contributed by atoms with Gasteiger partial charge in [0.2, 0.25) is 5.91 Å². The van der Waals surface area contributed by atoms with E-state index >= 15 is 0 Å². The Bertz CT molecular complexity index is 982. The highest BCUT2D eigenvalue weighted by atomic mass is 16.5. The molecule has 1 aliphatic heterocycles. The molecule has 1 aliphatic rings. The summed E-state index contributed by atoms with van der Waals surface area (Å²) in [5.74, 6) is 1.23. The molecule has 4 rings (SSSR count). The SMILES string of the molecule is COc1ccc(CCCC(=O)N[C@H]2COC[C@H]2Cc2ccnc3ccccc23)cc1. The monoisotopic (exact) mass is 404 g/mol. The predicted molar refractivity (Wildman–Crippen MR) is 118 cm³/mol. The Morgan fingerprint density at radius 3 is 2.80 bits per heavy atom. The molecule has 0 saturated carbocycles. The molecule has 3 aromatic rings. The van der Waals surface area contributed by atoms with Crippen LogP contribution >= 0.6 is 0 Å². The Morgan fingerprint density at radius 1 is 1.13 bits per heavy atom. The minimum Gasteiger partial charge on any atom is -0.497 e. The van der Waals surface area contributed by atoms with Crippen LogP contribution in [-0.4, -0.2) is 37.3 Å². The smallest absolute Gasteiger partial charge is 0.220 e. The van der Waals surface area contributed by atoms with Gasteiger partial charge in [0.25, 0.3) is 0 Å². The number of nitrogens with zero attached hydrogens (tertiary/aromatic N) is 1. The van der Waals surface area contributed by atoms with Gasteiger partial charge in [0.05, 0.1) is 31.9 Å². The molecule has 0 spiro atoms. The summed E-state index contributed by atoms with van der Waals surface area (Å²) >= 11 is 0. The van der Waals surface area contributed by atoms with E-state index in [0.29, 0.717) is 19.6 Å². The van der Waals surface area contributed by atoms with Gasteiger partial charge in [-0.15, -0.1) is 0 Å². The van der Waals surface area contributed by atoms with Crippen molar-refractivity contribution in [2.24, 2.45) is 5.92 Å². The summed E-state index contributed by atoms with van der Waals surface area (Å²) in [6.45, 7) is 1.26. The van der Waals surface area contributed by atoms with E-state index in [9.17, 15) is 4.79 Å². The number of carbonyl (C=O) groups is 1. The number of aryl methyl sites for hydroxylation is 1. The van der Waals surface area contributed by atoms with Crippen molar-refractivity contribution in [2.45, 2.75) is 31.7 Å². The fraction of sp³-hybridized carbons (Fsp3) is 0.360. The van der Waals surface area contributed by atoms with Gasteiger partial charge >= 0.3 is 0 Å². The normalized spacial score (nSPS) is 18.4. The molecule has 0 aliphatic carbocycles. The second-order valence-corrected chi connectivity index (χ2v) is 7.86. The van der Waals surface area contributed by atoms with E-state index in [1.165, 1.54) is 16.5 Å². The van der Waals surface area contributed by atoms with E-state index in [2.05, 4.69) is 34.6 Å². The number of pyridine rings is 1. The highest BCUT2D eigenvalue weighted by Crippen LogP contribution is 2.24. The molecule has 0 radical (unpaired) electrons. The standard InChI is InChI=1S/C25H28N2O3/c1-29-21-11-9-18(10-12-21)5-4-8-25(28)27-24-17-30-16-20(24)15-19-13-14-26-23-7-3-2-6-22(19)23/h2-3,6-7,9-14,20,24H,4-5,8,15-17H2,1H3,(H,27,28)/t20-,24+/m1/s1. The van der Waals surface area contributed by atoms with Crippen LogP contribution in [0.25, 0.3) is 10.9 Å². The lowest BCUT2D eigenvalue weighted by Gasteiger charge is -2.20. The average Bonchev–Trinajstić information content (AvgIpc) is 3.21.